The minimum Gasteiger partial charge on any atom is -0.337 e. The Kier molecular flexibility index (Phi) is 3.22. The van der Waals surface area contributed by atoms with Gasteiger partial charge < -0.3 is 4.52 Å². The topological polar surface area (TPSA) is 102 Å². The van der Waals surface area contributed by atoms with E-state index in [-0.39, 0.29) is 6.04 Å². The number of aromatic nitrogens is 4. The number of sulfonamides is 1. The van der Waals surface area contributed by atoms with Gasteiger partial charge in [-0.3, -0.25) is 0 Å². The molecule has 3 heterocycles. The maximum atomic E-state index is 11.7. The third-order valence-electron chi connectivity index (χ3n) is 3.16. The van der Waals surface area contributed by atoms with E-state index in [1.807, 2.05) is 0 Å². The number of hydrogen-bond donors (Lipinski definition) is 0. The second-order valence-electron chi connectivity index (χ2n) is 4.60. The van der Waals surface area contributed by atoms with Gasteiger partial charge in [0.15, 0.2) is 0 Å². The van der Waals surface area contributed by atoms with Crippen LogP contribution in [0, 0.1) is 0 Å². The summed E-state index contributed by atoms with van der Waals surface area (Å²) in [6.45, 7) is 0.479. The molecule has 0 bridgehead atoms. The smallest absolute Gasteiger partial charge is 0.245 e. The molecule has 2 aromatic rings. The molecule has 1 saturated heterocycles. The average molecular weight is 295 g/mol. The molecule has 0 unspecified atom stereocenters. The molecule has 20 heavy (non-hydrogen) atoms. The summed E-state index contributed by atoms with van der Waals surface area (Å²) in [5.41, 5.74) is 0.492. The van der Waals surface area contributed by atoms with Crippen LogP contribution in [0.5, 0.6) is 0 Å². The van der Waals surface area contributed by atoms with Crippen LogP contribution in [0.25, 0.3) is 11.5 Å². The predicted molar refractivity (Wildman–Crippen MR) is 68.8 cm³/mol. The molecule has 0 aliphatic carbocycles. The van der Waals surface area contributed by atoms with Crippen LogP contribution in [0.15, 0.2) is 22.9 Å². The Morgan fingerprint density at radius 1 is 1.45 bits per heavy atom. The second-order valence-corrected chi connectivity index (χ2v) is 6.53. The van der Waals surface area contributed by atoms with Crippen LogP contribution in [0.1, 0.15) is 24.8 Å². The van der Waals surface area contributed by atoms with E-state index in [4.69, 9.17) is 4.52 Å². The number of hydrogen-bond acceptors (Lipinski definition) is 7. The molecule has 2 aromatic heterocycles. The lowest BCUT2D eigenvalue weighted by atomic mass is 10.2. The molecule has 0 amide bonds. The van der Waals surface area contributed by atoms with Gasteiger partial charge in [0.25, 0.3) is 0 Å². The molecular formula is C11H13N5O3S. The normalized spacial score (nSPS) is 20.4. The van der Waals surface area contributed by atoms with Crippen LogP contribution in [-0.2, 0) is 10.0 Å². The molecular weight excluding hydrogens is 282 g/mol. The van der Waals surface area contributed by atoms with Gasteiger partial charge >= 0.3 is 0 Å². The van der Waals surface area contributed by atoms with Gasteiger partial charge in [-0.2, -0.15) is 14.4 Å². The van der Waals surface area contributed by atoms with Gasteiger partial charge in [-0.1, -0.05) is 5.16 Å². The van der Waals surface area contributed by atoms with Crippen molar-refractivity contribution in [2.45, 2.75) is 18.9 Å². The van der Waals surface area contributed by atoms with Crippen molar-refractivity contribution in [1.82, 2.24) is 24.6 Å². The Morgan fingerprint density at radius 2 is 2.30 bits per heavy atom. The Morgan fingerprint density at radius 3 is 3.00 bits per heavy atom. The predicted octanol–water partition coefficient (Wildman–Crippen LogP) is 0.623. The molecule has 9 heteroatoms. The van der Waals surface area contributed by atoms with Crippen LogP contribution >= 0.6 is 0 Å². The van der Waals surface area contributed by atoms with Crippen LogP contribution in [0.3, 0.4) is 0 Å². The summed E-state index contributed by atoms with van der Waals surface area (Å²) >= 11 is 0. The SMILES string of the molecule is CS(=O)(=O)N1CCC[C@H]1c1nc(-c2cccnn2)no1. The first kappa shape index (κ1) is 13.1. The monoisotopic (exact) mass is 295 g/mol. The minimum atomic E-state index is -3.28. The second kappa shape index (κ2) is 4.91. The van der Waals surface area contributed by atoms with Crippen molar-refractivity contribution in [2.24, 2.45) is 0 Å². The van der Waals surface area contributed by atoms with Crippen molar-refractivity contribution >= 4 is 10.0 Å². The Bertz CT molecular complexity index is 700. The van der Waals surface area contributed by atoms with E-state index in [1.165, 1.54) is 10.6 Å². The summed E-state index contributed by atoms with van der Waals surface area (Å²) in [4.78, 5) is 4.24. The fraction of sp³-hybridized carbons (Fsp3) is 0.455. The van der Waals surface area contributed by atoms with Crippen LogP contribution in [0.2, 0.25) is 0 Å². The van der Waals surface area contributed by atoms with Gasteiger partial charge in [0.1, 0.15) is 11.7 Å². The standard InChI is InChI=1S/C11H13N5O3S/c1-20(17,18)16-7-3-5-9(16)11-13-10(15-19-11)8-4-2-6-12-14-8/h2,4,6,9H,3,5,7H2,1H3/t9-/m0/s1. The highest BCUT2D eigenvalue weighted by atomic mass is 32.2. The van der Waals surface area contributed by atoms with Crippen LogP contribution in [0.4, 0.5) is 0 Å². The first-order chi connectivity index (χ1) is 9.55. The third-order valence-corrected chi connectivity index (χ3v) is 4.45. The largest absolute Gasteiger partial charge is 0.337 e. The van der Waals surface area contributed by atoms with Crippen molar-refractivity contribution in [2.75, 3.05) is 12.8 Å². The molecule has 0 saturated carbocycles. The summed E-state index contributed by atoms with van der Waals surface area (Å²) in [5, 5.41) is 11.5. The van der Waals surface area contributed by atoms with Crippen LogP contribution in [-0.4, -0.2) is 45.9 Å². The molecule has 8 nitrogen and oxygen atoms in total. The molecule has 0 spiro atoms. The van der Waals surface area contributed by atoms with E-state index in [0.29, 0.717) is 30.4 Å². The molecule has 3 rings (SSSR count). The Labute approximate surface area is 115 Å². The highest BCUT2D eigenvalue weighted by molar-refractivity contribution is 7.88. The lowest BCUT2D eigenvalue weighted by Crippen LogP contribution is -2.29. The molecule has 0 N–H and O–H groups in total. The highest BCUT2D eigenvalue weighted by Gasteiger charge is 2.36. The maximum Gasteiger partial charge on any atom is 0.245 e. The van der Waals surface area contributed by atoms with Crippen molar-refractivity contribution in [3.8, 4) is 11.5 Å². The van der Waals surface area contributed by atoms with Crippen molar-refractivity contribution in [1.29, 1.82) is 0 Å². The molecule has 1 atom stereocenters. The van der Waals surface area contributed by atoms with E-state index in [2.05, 4.69) is 20.3 Å². The van der Waals surface area contributed by atoms with Gasteiger partial charge in [0, 0.05) is 12.7 Å². The lowest BCUT2D eigenvalue weighted by Gasteiger charge is -2.18. The number of nitrogens with zero attached hydrogens (tertiary/aromatic N) is 5. The maximum absolute atomic E-state index is 11.7. The minimum absolute atomic E-state index is 0.300. The van der Waals surface area contributed by atoms with Crippen molar-refractivity contribution in [3.05, 3.63) is 24.2 Å². The molecule has 1 aliphatic heterocycles. The van der Waals surface area contributed by atoms with E-state index >= 15 is 0 Å². The summed E-state index contributed by atoms with van der Waals surface area (Å²) in [6, 6.07) is 3.05. The molecule has 1 fully saturated rings. The van der Waals surface area contributed by atoms with E-state index in [1.54, 1.807) is 18.3 Å². The van der Waals surface area contributed by atoms with E-state index < -0.39 is 10.0 Å². The molecule has 1 aliphatic rings. The summed E-state index contributed by atoms with van der Waals surface area (Å²) in [7, 11) is -3.28. The van der Waals surface area contributed by atoms with E-state index in [9.17, 15) is 8.42 Å². The Balaban J connectivity index is 1.91. The zero-order valence-electron chi connectivity index (χ0n) is 10.8. The van der Waals surface area contributed by atoms with E-state index in [0.717, 1.165) is 6.42 Å². The fourth-order valence-electron chi connectivity index (χ4n) is 2.28. The third kappa shape index (κ3) is 2.41. The van der Waals surface area contributed by atoms with Gasteiger partial charge in [0.05, 0.1) is 6.26 Å². The zero-order chi connectivity index (χ0) is 14.2. The molecule has 0 radical (unpaired) electrons. The molecule has 0 aromatic carbocycles. The highest BCUT2D eigenvalue weighted by Crippen LogP contribution is 2.33. The summed E-state index contributed by atoms with van der Waals surface area (Å²) in [5.74, 6) is 0.613. The fourth-order valence-corrected chi connectivity index (χ4v) is 3.40. The van der Waals surface area contributed by atoms with Gasteiger partial charge in [-0.05, 0) is 25.0 Å². The first-order valence-electron chi connectivity index (χ1n) is 6.14. The molecule has 106 valence electrons. The van der Waals surface area contributed by atoms with Crippen LogP contribution < -0.4 is 0 Å². The average Bonchev–Trinajstić information content (AvgIpc) is 3.08. The van der Waals surface area contributed by atoms with Gasteiger partial charge in [0.2, 0.25) is 21.7 Å². The summed E-state index contributed by atoms with van der Waals surface area (Å²) < 4.78 is 30.0. The van der Waals surface area contributed by atoms with Gasteiger partial charge in [-0.15, -0.1) is 5.10 Å². The van der Waals surface area contributed by atoms with Gasteiger partial charge in [-0.25, -0.2) is 8.42 Å². The van der Waals surface area contributed by atoms with Crippen molar-refractivity contribution in [3.63, 3.8) is 0 Å². The lowest BCUT2D eigenvalue weighted by molar-refractivity contribution is 0.291. The quantitative estimate of drug-likeness (QED) is 0.818. The zero-order valence-corrected chi connectivity index (χ0v) is 11.6. The Hall–Kier alpha value is -1.87. The first-order valence-corrected chi connectivity index (χ1v) is 7.99. The van der Waals surface area contributed by atoms with Crippen molar-refractivity contribution < 1.29 is 12.9 Å². The number of rotatable bonds is 3. The summed E-state index contributed by atoms with van der Waals surface area (Å²) in [6.07, 6.45) is 4.19.